The van der Waals surface area contributed by atoms with Crippen LogP contribution in [-0.4, -0.2) is 36.7 Å². The van der Waals surface area contributed by atoms with Gasteiger partial charge in [0.1, 0.15) is 0 Å². The highest BCUT2D eigenvalue weighted by Crippen LogP contribution is 2.58. The Hall–Kier alpha value is -0.420. The van der Waals surface area contributed by atoms with Crippen LogP contribution in [-0.2, 0) is 4.74 Å². The molecule has 4 atom stereocenters. The molecule has 1 saturated heterocycles. The Labute approximate surface area is 126 Å². The lowest BCUT2D eigenvalue weighted by atomic mass is 9.48. The smallest absolute Gasteiger partial charge is 0.0691 e. The number of nitrogens with zero attached hydrogens (tertiary/aromatic N) is 1. The molecular formula is C16H26N2OS. The molecule has 2 aliphatic rings. The fourth-order valence-corrected chi connectivity index (χ4v) is 4.94. The number of hydrogen-bond donors (Lipinski definition) is 1. The Morgan fingerprint density at radius 3 is 2.95 bits per heavy atom. The maximum absolute atomic E-state index is 6.84. The molecule has 1 aliphatic heterocycles. The summed E-state index contributed by atoms with van der Waals surface area (Å²) in [6.45, 7) is 8.61. The van der Waals surface area contributed by atoms with Gasteiger partial charge in [-0.2, -0.15) is 0 Å². The minimum absolute atomic E-state index is 0.0671. The van der Waals surface area contributed by atoms with E-state index in [9.17, 15) is 0 Å². The van der Waals surface area contributed by atoms with E-state index in [1.54, 1.807) is 0 Å². The molecule has 1 aliphatic carbocycles. The van der Waals surface area contributed by atoms with Gasteiger partial charge in [0.2, 0.25) is 0 Å². The Bertz CT molecular complexity index is 473. The number of fused-ring (bicyclic) bond motifs is 1. The number of likely N-dealkylation sites (N-methyl/N-ethyl adjacent to an activating group) is 1. The van der Waals surface area contributed by atoms with Crippen molar-refractivity contribution in [2.75, 3.05) is 20.2 Å². The van der Waals surface area contributed by atoms with Gasteiger partial charge in [-0.1, -0.05) is 19.9 Å². The Kier molecular flexibility index (Phi) is 3.49. The van der Waals surface area contributed by atoms with Crippen LogP contribution in [0.2, 0.25) is 0 Å². The minimum Gasteiger partial charge on any atom is -0.377 e. The lowest BCUT2D eigenvalue weighted by Crippen LogP contribution is -2.78. The van der Waals surface area contributed by atoms with E-state index >= 15 is 0 Å². The van der Waals surface area contributed by atoms with Crippen molar-refractivity contribution in [3.63, 3.8) is 0 Å². The second kappa shape index (κ2) is 4.80. The highest BCUT2D eigenvalue weighted by Gasteiger charge is 2.67. The third kappa shape index (κ3) is 1.89. The molecule has 0 bridgehead atoms. The Balaban J connectivity index is 1.73. The fraction of sp³-hybridized carbons (Fsp3) is 0.750. The van der Waals surface area contributed by atoms with Crippen molar-refractivity contribution < 1.29 is 4.74 Å². The summed E-state index contributed by atoms with van der Waals surface area (Å²) in [5.74, 6) is 0.524. The molecule has 2 heterocycles. The number of rotatable bonds is 4. The molecule has 0 spiro atoms. The van der Waals surface area contributed by atoms with Crippen LogP contribution in [0.4, 0.5) is 0 Å². The van der Waals surface area contributed by atoms with Gasteiger partial charge in [-0.25, -0.2) is 0 Å². The van der Waals surface area contributed by atoms with Crippen LogP contribution in [0.3, 0.4) is 0 Å². The summed E-state index contributed by atoms with van der Waals surface area (Å²) in [5, 5.41) is 2.14. The first-order valence-corrected chi connectivity index (χ1v) is 8.40. The molecule has 2 fully saturated rings. The predicted octanol–water partition coefficient (Wildman–Crippen LogP) is 2.88. The summed E-state index contributed by atoms with van der Waals surface area (Å²) in [6.07, 6.45) is 1.48. The maximum atomic E-state index is 6.84. The molecule has 1 saturated carbocycles. The number of nitrogens with two attached hydrogens (primary N) is 1. The van der Waals surface area contributed by atoms with E-state index in [-0.39, 0.29) is 11.0 Å². The summed E-state index contributed by atoms with van der Waals surface area (Å²) in [5.41, 5.74) is 6.78. The average molecular weight is 294 g/mol. The molecule has 112 valence electrons. The highest BCUT2D eigenvalue weighted by molar-refractivity contribution is 7.10. The zero-order valence-electron chi connectivity index (χ0n) is 12.9. The van der Waals surface area contributed by atoms with E-state index in [1.165, 1.54) is 4.88 Å². The quantitative estimate of drug-likeness (QED) is 0.928. The van der Waals surface area contributed by atoms with Crippen molar-refractivity contribution in [2.24, 2.45) is 17.1 Å². The lowest BCUT2D eigenvalue weighted by molar-refractivity contribution is -0.163. The Morgan fingerprint density at radius 1 is 1.55 bits per heavy atom. The van der Waals surface area contributed by atoms with Gasteiger partial charge in [-0.3, -0.25) is 4.90 Å². The van der Waals surface area contributed by atoms with Crippen LogP contribution in [0.15, 0.2) is 17.5 Å². The van der Waals surface area contributed by atoms with Crippen molar-refractivity contribution in [3.8, 4) is 0 Å². The second-order valence-corrected chi connectivity index (χ2v) is 8.03. The molecule has 20 heavy (non-hydrogen) atoms. The summed E-state index contributed by atoms with van der Waals surface area (Å²) in [6, 6.07) is 4.76. The van der Waals surface area contributed by atoms with E-state index in [1.807, 2.05) is 11.3 Å². The molecule has 1 aromatic rings. The largest absolute Gasteiger partial charge is 0.377 e. The average Bonchev–Trinajstić information content (AvgIpc) is 3.07. The first kappa shape index (κ1) is 14.5. The number of hydrogen-bond acceptors (Lipinski definition) is 4. The molecule has 4 unspecified atom stereocenters. The first-order chi connectivity index (χ1) is 9.38. The number of ether oxygens (including phenoxy) is 1. The Morgan fingerprint density at radius 2 is 2.30 bits per heavy atom. The van der Waals surface area contributed by atoms with Gasteiger partial charge in [0.05, 0.1) is 6.10 Å². The van der Waals surface area contributed by atoms with Crippen molar-refractivity contribution in [2.45, 2.75) is 44.9 Å². The van der Waals surface area contributed by atoms with Crippen LogP contribution in [0.1, 0.15) is 38.1 Å². The molecule has 0 amide bonds. The molecule has 1 aromatic heterocycles. The predicted molar refractivity (Wildman–Crippen MR) is 83.9 cm³/mol. The molecule has 3 nitrogen and oxygen atoms in total. The van der Waals surface area contributed by atoms with Crippen LogP contribution in [0.5, 0.6) is 0 Å². The van der Waals surface area contributed by atoms with Gasteiger partial charge in [0.25, 0.3) is 0 Å². The molecule has 2 N–H and O–H groups in total. The van der Waals surface area contributed by atoms with E-state index < -0.39 is 0 Å². The molecule has 0 radical (unpaired) electrons. The van der Waals surface area contributed by atoms with Crippen molar-refractivity contribution in [1.82, 2.24) is 4.90 Å². The second-order valence-electron chi connectivity index (χ2n) is 7.06. The molecule has 0 aromatic carbocycles. The molecule has 3 rings (SSSR count). The normalized spacial score (nSPS) is 36.7. The van der Waals surface area contributed by atoms with Gasteiger partial charge in [-0.05, 0) is 31.8 Å². The first-order valence-electron chi connectivity index (χ1n) is 7.52. The van der Waals surface area contributed by atoms with Gasteiger partial charge in [0.15, 0.2) is 0 Å². The zero-order valence-corrected chi connectivity index (χ0v) is 13.7. The summed E-state index contributed by atoms with van der Waals surface area (Å²) in [4.78, 5) is 3.81. The fourth-order valence-electron chi connectivity index (χ4n) is 4.09. The van der Waals surface area contributed by atoms with Gasteiger partial charge in [0, 0.05) is 40.9 Å². The summed E-state index contributed by atoms with van der Waals surface area (Å²) >= 11 is 1.82. The van der Waals surface area contributed by atoms with E-state index in [4.69, 9.17) is 10.5 Å². The third-order valence-corrected chi connectivity index (χ3v) is 6.83. The van der Waals surface area contributed by atoms with Crippen molar-refractivity contribution in [1.29, 1.82) is 0 Å². The van der Waals surface area contributed by atoms with Gasteiger partial charge < -0.3 is 10.5 Å². The van der Waals surface area contributed by atoms with Gasteiger partial charge in [-0.15, -0.1) is 11.3 Å². The topological polar surface area (TPSA) is 38.5 Å². The van der Waals surface area contributed by atoms with E-state index in [2.05, 4.69) is 50.2 Å². The SMILES string of the molecule is CC(c1cccs1)N(C)CC1(N)C2CCOC2C1(C)C. The van der Waals surface area contributed by atoms with Gasteiger partial charge >= 0.3 is 0 Å². The van der Waals surface area contributed by atoms with Crippen LogP contribution >= 0.6 is 11.3 Å². The molecule has 4 heteroatoms. The minimum atomic E-state index is -0.131. The highest BCUT2D eigenvalue weighted by atomic mass is 32.1. The lowest BCUT2D eigenvalue weighted by Gasteiger charge is -2.63. The molecular weight excluding hydrogens is 268 g/mol. The summed E-state index contributed by atoms with van der Waals surface area (Å²) in [7, 11) is 2.19. The maximum Gasteiger partial charge on any atom is 0.0691 e. The van der Waals surface area contributed by atoms with E-state index in [0.717, 1.165) is 19.6 Å². The standard InChI is InChI=1S/C16H26N2OS/c1-11(13-6-5-9-20-13)18(4)10-16(17)12-7-8-19-14(12)15(16,2)3/h5-6,9,11-12,14H,7-8,10,17H2,1-4H3. The van der Waals surface area contributed by atoms with Crippen LogP contribution < -0.4 is 5.73 Å². The van der Waals surface area contributed by atoms with Crippen molar-refractivity contribution >= 4 is 11.3 Å². The third-order valence-electron chi connectivity index (χ3n) is 5.79. The summed E-state index contributed by atoms with van der Waals surface area (Å²) < 4.78 is 5.88. The van der Waals surface area contributed by atoms with E-state index in [0.29, 0.717) is 18.1 Å². The van der Waals surface area contributed by atoms with Crippen LogP contribution in [0, 0.1) is 11.3 Å². The van der Waals surface area contributed by atoms with Crippen molar-refractivity contribution in [3.05, 3.63) is 22.4 Å². The number of thiophene rings is 1. The monoisotopic (exact) mass is 294 g/mol. The zero-order chi connectivity index (χ0) is 14.5. The van der Waals surface area contributed by atoms with Crippen LogP contribution in [0.25, 0.3) is 0 Å².